The fourth-order valence-electron chi connectivity index (χ4n) is 4.13. The Morgan fingerprint density at radius 1 is 1.00 bits per heavy atom. The Hall–Kier alpha value is -3.05. The average Bonchev–Trinajstić information content (AvgIpc) is 3.25. The molecule has 0 unspecified atom stereocenters. The van der Waals surface area contributed by atoms with Crippen LogP contribution < -0.4 is 19.9 Å². The fourth-order valence-corrected chi connectivity index (χ4v) is 4.13. The summed E-state index contributed by atoms with van der Waals surface area (Å²) in [5.41, 5.74) is 0.887. The van der Waals surface area contributed by atoms with Crippen LogP contribution in [0.5, 0.6) is 5.75 Å². The molecule has 0 atom stereocenters. The van der Waals surface area contributed by atoms with Crippen LogP contribution >= 0.6 is 0 Å². The van der Waals surface area contributed by atoms with Crippen LogP contribution in [0, 0.1) is 0 Å². The molecule has 0 spiro atoms. The number of ether oxygens (including phenoxy) is 2. The van der Waals surface area contributed by atoms with E-state index in [1.54, 1.807) is 24.3 Å². The smallest absolute Gasteiger partial charge is 0.296 e. The third kappa shape index (κ3) is 3.82. The Bertz CT molecular complexity index is 1060. The molecule has 4 heterocycles. The highest BCUT2D eigenvalue weighted by molar-refractivity contribution is 5.84. The van der Waals surface area contributed by atoms with Gasteiger partial charge in [0.15, 0.2) is 5.82 Å². The highest BCUT2D eigenvalue weighted by Crippen LogP contribution is 2.33. The van der Waals surface area contributed by atoms with E-state index >= 15 is 0 Å². The first-order valence-corrected chi connectivity index (χ1v) is 10.7. The number of nitrogens with one attached hydrogen (secondary N) is 1. The second-order valence-corrected chi connectivity index (χ2v) is 7.65. The molecule has 0 saturated carbocycles. The summed E-state index contributed by atoms with van der Waals surface area (Å²) in [5, 5.41) is 3.33. The van der Waals surface area contributed by atoms with Gasteiger partial charge in [0.2, 0.25) is 5.95 Å². The van der Waals surface area contributed by atoms with E-state index in [-0.39, 0.29) is 5.82 Å². The van der Waals surface area contributed by atoms with Gasteiger partial charge in [0.25, 0.3) is 6.43 Å². The van der Waals surface area contributed by atoms with Gasteiger partial charge >= 0.3 is 0 Å². The minimum Gasteiger partial charge on any atom is -0.494 e. The largest absolute Gasteiger partial charge is 0.494 e. The zero-order chi connectivity index (χ0) is 22.1. The Balaban J connectivity index is 1.70. The third-order valence-electron chi connectivity index (χ3n) is 5.74. The van der Waals surface area contributed by atoms with Crippen LogP contribution in [0.15, 0.2) is 24.3 Å². The van der Waals surface area contributed by atoms with Crippen molar-refractivity contribution in [1.29, 1.82) is 0 Å². The molecule has 2 aliphatic rings. The lowest BCUT2D eigenvalue weighted by atomic mass is 10.3. The Morgan fingerprint density at radius 3 is 2.47 bits per heavy atom. The van der Waals surface area contributed by atoms with Crippen LogP contribution in [-0.2, 0) is 4.74 Å². The first kappa shape index (κ1) is 20.8. The molecule has 9 nitrogen and oxygen atoms in total. The number of hydrogen-bond acceptors (Lipinski definition) is 8. The van der Waals surface area contributed by atoms with E-state index < -0.39 is 6.43 Å². The van der Waals surface area contributed by atoms with Crippen molar-refractivity contribution in [3.63, 3.8) is 0 Å². The summed E-state index contributed by atoms with van der Waals surface area (Å²) in [6.07, 6.45) is -2.78. The first-order valence-electron chi connectivity index (χ1n) is 10.7. The van der Waals surface area contributed by atoms with Crippen molar-refractivity contribution < 1.29 is 18.3 Å². The minimum absolute atomic E-state index is 0.362. The number of anilines is 2. The number of para-hydroxylation sites is 1. The van der Waals surface area contributed by atoms with Crippen LogP contribution in [0.25, 0.3) is 16.9 Å². The number of morpholine rings is 1. The summed E-state index contributed by atoms with van der Waals surface area (Å²) < 4.78 is 40.4. The first-order chi connectivity index (χ1) is 15.7. The number of methoxy groups -OCH3 is 1. The van der Waals surface area contributed by atoms with Crippen molar-refractivity contribution in [2.75, 3.05) is 69.4 Å². The van der Waals surface area contributed by atoms with E-state index in [1.807, 2.05) is 4.90 Å². The van der Waals surface area contributed by atoms with Crippen LogP contribution in [-0.4, -0.2) is 79.1 Å². The second-order valence-electron chi connectivity index (χ2n) is 7.65. The maximum Gasteiger partial charge on any atom is 0.296 e. The molecule has 32 heavy (non-hydrogen) atoms. The number of rotatable bonds is 5. The summed E-state index contributed by atoms with van der Waals surface area (Å²) in [4.78, 5) is 17.9. The summed E-state index contributed by atoms with van der Waals surface area (Å²) in [6, 6.07) is 6.98. The van der Waals surface area contributed by atoms with Crippen molar-refractivity contribution in [2.45, 2.75) is 6.43 Å². The molecule has 0 aliphatic carbocycles. The lowest BCUT2D eigenvalue weighted by molar-refractivity contribution is 0.122. The van der Waals surface area contributed by atoms with Crippen molar-refractivity contribution in [1.82, 2.24) is 24.8 Å². The third-order valence-corrected chi connectivity index (χ3v) is 5.74. The molecule has 0 bridgehead atoms. The zero-order valence-electron chi connectivity index (χ0n) is 17.8. The van der Waals surface area contributed by atoms with Gasteiger partial charge in [-0.15, -0.1) is 0 Å². The van der Waals surface area contributed by atoms with Gasteiger partial charge in [0.1, 0.15) is 22.9 Å². The highest BCUT2D eigenvalue weighted by atomic mass is 19.3. The second kappa shape index (κ2) is 8.83. The molecule has 0 amide bonds. The lowest BCUT2D eigenvalue weighted by Gasteiger charge is -2.31. The highest BCUT2D eigenvalue weighted by Gasteiger charge is 2.26. The molecule has 1 aromatic carbocycles. The standard InChI is InChI=1S/C21H25F2N7O2/c1-31-15-4-2-3-14-18(15)27-20(19(22)23)30(14)17-13-16(28-7-5-24-6-8-28)25-21(26-17)29-9-11-32-12-10-29/h2-4,13,19,24H,5-12H2,1H3. The van der Waals surface area contributed by atoms with Crippen LogP contribution in [0.2, 0.25) is 0 Å². The molecule has 1 N–H and O–H groups in total. The number of nitrogens with zero attached hydrogens (tertiary/aromatic N) is 6. The van der Waals surface area contributed by atoms with E-state index in [1.165, 1.54) is 11.7 Å². The number of hydrogen-bond donors (Lipinski definition) is 1. The van der Waals surface area contributed by atoms with Crippen molar-refractivity contribution in [3.8, 4) is 11.6 Å². The predicted molar refractivity (Wildman–Crippen MR) is 116 cm³/mol. The SMILES string of the molecule is COc1cccc2c1nc(C(F)F)n2-c1cc(N2CCNCC2)nc(N2CCOCC2)n1. The number of halogens is 2. The maximum atomic E-state index is 14.1. The molecule has 11 heteroatoms. The van der Waals surface area contributed by atoms with Crippen LogP contribution in [0.1, 0.15) is 12.2 Å². The van der Waals surface area contributed by atoms with E-state index in [0.717, 1.165) is 26.2 Å². The fraction of sp³-hybridized carbons (Fsp3) is 0.476. The van der Waals surface area contributed by atoms with Crippen molar-refractivity contribution in [2.24, 2.45) is 0 Å². The number of aromatic nitrogens is 4. The molecule has 0 radical (unpaired) electrons. The van der Waals surface area contributed by atoms with Crippen molar-refractivity contribution >= 4 is 22.8 Å². The molecule has 2 fully saturated rings. The van der Waals surface area contributed by atoms with E-state index in [4.69, 9.17) is 19.4 Å². The predicted octanol–water partition coefficient (Wildman–Crippen LogP) is 2.01. The molecule has 2 aromatic heterocycles. The maximum absolute atomic E-state index is 14.1. The number of fused-ring (bicyclic) bond motifs is 1. The quantitative estimate of drug-likeness (QED) is 0.639. The van der Waals surface area contributed by atoms with Gasteiger partial charge in [0.05, 0.1) is 25.8 Å². The lowest BCUT2D eigenvalue weighted by Crippen LogP contribution is -2.44. The summed E-state index contributed by atoms with van der Waals surface area (Å²) >= 11 is 0. The zero-order valence-corrected chi connectivity index (χ0v) is 17.8. The van der Waals surface area contributed by atoms with E-state index in [9.17, 15) is 8.78 Å². The number of piperazine rings is 1. The van der Waals surface area contributed by atoms with Gasteiger partial charge in [-0.05, 0) is 12.1 Å². The van der Waals surface area contributed by atoms with Crippen LogP contribution in [0.4, 0.5) is 20.5 Å². The molecule has 5 rings (SSSR count). The van der Waals surface area contributed by atoms with E-state index in [2.05, 4.69) is 15.2 Å². The molecule has 2 saturated heterocycles. The monoisotopic (exact) mass is 445 g/mol. The Kier molecular flexibility index (Phi) is 5.75. The summed E-state index contributed by atoms with van der Waals surface area (Å²) in [5.74, 6) is 1.64. The normalized spacial score (nSPS) is 17.4. The number of imidazole rings is 1. The average molecular weight is 445 g/mol. The summed E-state index contributed by atoms with van der Waals surface area (Å²) in [6.45, 7) is 5.65. The number of benzene rings is 1. The molecular formula is C21H25F2N7O2. The van der Waals surface area contributed by atoms with Gasteiger partial charge in [-0.2, -0.15) is 9.97 Å². The minimum atomic E-state index is -2.78. The Labute approximate surface area is 184 Å². The van der Waals surface area contributed by atoms with Gasteiger partial charge in [-0.1, -0.05) is 6.07 Å². The molecular weight excluding hydrogens is 420 g/mol. The van der Waals surface area contributed by atoms with Crippen molar-refractivity contribution in [3.05, 3.63) is 30.1 Å². The van der Waals surface area contributed by atoms with Gasteiger partial charge in [-0.3, -0.25) is 4.57 Å². The van der Waals surface area contributed by atoms with Crippen LogP contribution in [0.3, 0.4) is 0 Å². The topological polar surface area (TPSA) is 80.6 Å². The van der Waals surface area contributed by atoms with Gasteiger partial charge in [-0.25, -0.2) is 13.8 Å². The number of alkyl halides is 2. The molecule has 3 aromatic rings. The van der Waals surface area contributed by atoms with Gasteiger partial charge in [0, 0.05) is 45.3 Å². The Morgan fingerprint density at radius 2 is 1.75 bits per heavy atom. The molecule has 2 aliphatic heterocycles. The molecule has 170 valence electrons. The van der Waals surface area contributed by atoms with E-state index in [0.29, 0.717) is 60.7 Å². The summed E-state index contributed by atoms with van der Waals surface area (Å²) in [7, 11) is 1.50. The van der Waals surface area contributed by atoms with Gasteiger partial charge < -0.3 is 24.6 Å².